The molecule has 0 amide bonds. The SMILES string of the molecule is O=C1Oc2c(Br)cc(Br)cc2C2c3sc(=O)[nH]c3SC(c3ccc(F)cc3)C12. The Labute approximate surface area is 183 Å². The van der Waals surface area contributed by atoms with Gasteiger partial charge in [-0.05, 0) is 45.8 Å². The summed E-state index contributed by atoms with van der Waals surface area (Å²) in [5.74, 6) is -1.06. The molecule has 0 bridgehead atoms. The van der Waals surface area contributed by atoms with Crippen molar-refractivity contribution < 1.29 is 13.9 Å². The highest BCUT2D eigenvalue weighted by Crippen LogP contribution is 2.59. The summed E-state index contributed by atoms with van der Waals surface area (Å²) in [6.45, 7) is 0. The third-order valence-corrected chi connectivity index (χ3v) is 8.42. The van der Waals surface area contributed by atoms with Crippen LogP contribution in [-0.2, 0) is 4.79 Å². The summed E-state index contributed by atoms with van der Waals surface area (Å²) >= 11 is 9.51. The molecule has 9 heteroatoms. The number of esters is 1. The van der Waals surface area contributed by atoms with Crippen molar-refractivity contribution in [2.75, 3.05) is 0 Å². The fourth-order valence-electron chi connectivity index (χ4n) is 3.77. The number of ether oxygens (including phenoxy) is 1. The summed E-state index contributed by atoms with van der Waals surface area (Å²) in [5.41, 5.74) is 1.66. The number of benzene rings is 2. The van der Waals surface area contributed by atoms with E-state index < -0.39 is 5.92 Å². The summed E-state index contributed by atoms with van der Waals surface area (Å²) in [7, 11) is 0. The standard InChI is InChI=1S/C19H10Br2FNO3S2/c20-8-5-10-12-13(18(24)26-14(10)11(21)6-8)15(7-1-3-9(22)4-2-7)27-17-16(12)28-19(25)23-17/h1-6,12-13,15H,(H,23,25). The number of carbonyl (C=O) groups excluding carboxylic acids is 1. The van der Waals surface area contributed by atoms with E-state index in [-0.39, 0.29) is 27.8 Å². The number of thioether (sulfide) groups is 1. The number of nitrogens with one attached hydrogen (secondary N) is 1. The van der Waals surface area contributed by atoms with Crippen LogP contribution in [0.15, 0.2) is 55.2 Å². The molecule has 0 radical (unpaired) electrons. The fourth-order valence-corrected chi connectivity index (χ4v) is 7.69. The summed E-state index contributed by atoms with van der Waals surface area (Å²) in [6.07, 6.45) is 0. The first-order valence-electron chi connectivity index (χ1n) is 8.28. The number of hydrogen-bond acceptors (Lipinski definition) is 5. The minimum atomic E-state index is -0.525. The minimum absolute atomic E-state index is 0.162. The molecule has 1 N–H and O–H groups in total. The van der Waals surface area contributed by atoms with Gasteiger partial charge in [0.15, 0.2) is 0 Å². The second-order valence-corrected chi connectivity index (χ2v) is 10.5. The molecule has 3 heterocycles. The number of halogens is 3. The average Bonchev–Trinajstić information content (AvgIpc) is 3.02. The predicted molar refractivity (Wildman–Crippen MR) is 113 cm³/mol. The lowest BCUT2D eigenvalue weighted by Crippen LogP contribution is -2.37. The van der Waals surface area contributed by atoms with Gasteiger partial charge in [-0.2, -0.15) is 0 Å². The molecule has 5 rings (SSSR count). The topological polar surface area (TPSA) is 59.2 Å². The average molecular weight is 543 g/mol. The summed E-state index contributed by atoms with van der Waals surface area (Å²) < 4.78 is 20.7. The Morgan fingerprint density at radius 1 is 1.11 bits per heavy atom. The Kier molecular flexibility index (Phi) is 4.53. The number of aromatic amines is 1. The molecule has 0 fully saturated rings. The monoisotopic (exact) mass is 541 g/mol. The quantitative estimate of drug-likeness (QED) is 0.320. The zero-order valence-corrected chi connectivity index (χ0v) is 18.7. The Balaban J connectivity index is 1.75. The molecule has 2 aliphatic heterocycles. The summed E-state index contributed by atoms with van der Waals surface area (Å²) in [5, 5.41) is 0.448. The van der Waals surface area contributed by atoms with Crippen molar-refractivity contribution in [3.05, 3.63) is 76.8 Å². The van der Waals surface area contributed by atoms with Crippen LogP contribution in [0.25, 0.3) is 0 Å². The highest BCUT2D eigenvalue weighted by atomic mass is 79.9. The first kappa shape index (κ1) is 18.6. The number of thiazole rings is 1. The Bertz CT molecular complexity index is 1170. The molecule has 0 spiro atoms. The van der Waals surface area contributed by atoms with Crippen molar-refractivity contribution in [3.63, 3.8) is 0 Å². The van der Waals surface area contributed by atoms with Crippen molar-refractivity contribution in [1.29, 1.82) is 0 Å². The van der Waals surface area contributed by atoms with Gasteiger partial charge in [-0.3, -0.25) is 9.59 Å². The lowest BCUT2D eigenvalue weighted by molar-refractivity contribution is -0.141. The van der Waals surface area contributed by atoms with Gasteiger partial charge in [0.1, 0.15) is 11.6 Å². The van der Waals surface area contributed by atoms with Gasteiger partial charge in [-0.15, -0.1) is 0 Å². The van der Waals surface area contributed by atoms with Crippen molar-refractivity contribution >= 4 is 60.9 Å². The molecule has 2 aliphatic rings. The van der Waals surface area contributed by atoms with E-state index in [9.17, 15) is 14.0 Å². The van der Waals surface area contributed by atoms with E-state index >= 15 is 0 Å². The maximum absolute atomic E-state index is 13.4. The number of carbonyl (C=O) groups is 1. The summed E-state index contributed by atoms with van der Waals surface area (Å²) in [6, 6.07) is 9.87. The van der Waals surface area contributed by atoms with Crippen molar-refractivity contribution in [3.8, 4) is 5.75 Å². The van der Waals surface area contributed by atoms with E-state index in [1.165, 1.54) is 23.9 Å². The molecule has 3 unspecified atom stereocenters. The van der Waals surface area contributed by atoms with Crippen LogP contribution in [0.3, 0.4) is 0 Å². The van der Waals surface area contributed by atoms with E-state index in [1.807, 2.05) is 12.1 Å². The highest BCUT2D eigenvalue weighted by molar-refractivity contribution is 9.11. The number of fused-ring (bicyclic) bond motifs is 5. The van der Waals surface area contributed by atoms with Crippen molar-refractivity contribution in [1.82, 2.24) is 4.98 Å². The number of hydrogen-bond donors (Lipinski definition) is 1. The molecule has 3 aromatic rings. The Morgan fingerprint density at radius 2 is 1.86 bits per heavy atom. The van der Waals surface area contributed by atoms with Gasteiger partial charge in [0, 0.05) is 20.8 Å². The van der Waals surface area contributed by atoms with Crippen LogP contribution in [0.5, 0.6) is 5.75 Å². The van der Waals surface area contributed by atoms with Crippen LogP contribution in [0, 0.1) is 11.7 Å². The number of aromatic nitrogens is 1. The fraction of sp³-hybridized carbons (Fsp3) is 0.158. The molecule has 4 nitrogen and oxygen atoms in total. The van der Waals surface area contributed by atoms with E-state index in [2.05, 4.69) is 36.8 Å². The van der Waals surface area contributed by atoms with E-state index in [0.717, 1.165) is 36.8 Å². The van der Waals surface area contributed by atoms with Crippen LogP contribution in [-0.4, -0.2) is 11.0 Å². The maximum atomic E-state index is 13.4. The van der Waals surface area contributed by atoms with Gasteiger partial charge in [-0.25, -0.2) is 4.39 Å². The normalized spacial score (nSPS) is 22.8. The van der Waals surface area contributed by atoms with Crippen LogP contribution >= 0.6 is 55.0 Å². The molecule has 28 heavy (non-hydrogen) atoms. The molecule has 0 saturated heterocycles. The predicted octanol–water partition coefficient (Wildman–Crippen LogP) is 5.61. The molecular formula is C19H10Br2FNO3S2. The molecular weight excluding hydrogens is 533 g/mol. The molecule has 0 saturated carbocycles. The number of H-pyrrole nitrogens is 1. The van der Waals surface area contributed by atoms with Crippen molar-refractivity contribution in [2.24, 2.45) is 5.92 Å². The number of rotatable bonds is 1. The van der Waals surface area contributed by atoms with E-state index in [1.54, 1.807) is 12.1 Å². The van der Waals surface area contributed by atoms with E-state index in [4.69, 9.17) is 4.74 Å². The Hall–Kier alpha value is -1.42. The highest BCUT2D eigenvalue weighted by Gasteiger charge is 2.50. The molecule has 142 valence electrons. The van der Waals surface area contributed by atoms with Gasteiger partial charge in [-0.1, -0.05) is 51.2 Å². The van der Waals surface area contributed by atoms with Crippen molar-refractivity contribution in [2.45, 2.75) is 16.2 Å². The van der Waals surface area contributed by atoms with Gasteiger partial charge < -0.3 is 9.72 Å². The largest absolute Gasteiger partial charge is 0.425 e. The second-order valence-electron chi connectivity index (χ2n) is 6.53. The van der Waals surface area contributed by atoms with E-state index in [0.29, 0.717) is 10.2 Å². The van der Waals surface area contributed by atoms with Gasteiger partial charge in [0.05, 0.1) is 20.7 Å². The van der Waals surface area contributed by atoms with Gasteiger partial charge in [0.25, 0.3) is 0 Å². The minimum Gasteiger partial charge on any atom is -0.425 e. The molecule has 1 aromatic heterocycles. The van der Waals surface area contributed by atoms with Crippen LogP contribution < -0.4 is 9.61 Å². The van der Waals surface area contributed by atoms with Gasteiger partial charge >= 0.3 is 10.8 Å². The second kappa shape index (κ2) is 6.83. The first-order valence-corrected chi connectivity index (χ1v) is 11.6. The zero-order chi connectivity index (χ0) is 19.6. The smallest absolute Gasteiger partial charge is 0.316 e. The van der Waals surface area contributed by atoms with Crippen LogP contribution in [0.1, 0.15) is 27.2 Å². The molecule has 2 aromatic carbocycles. The lowest BCUT2D eigenvalue weighted by atomic mass is 9.78. The molecule has 0 aliphatic carbocycles. The first-order chi connectivity index (χ1) is 13.4. The molecule has 3 atom stereocenters. The Morgan fingerprint density at radius 3 is 2.61 bits per heavy atom. The van der Waals surface area contributed by atoms with Gasteiger partial charge in [0.2, 0.25) is 0 Å². The lowest BCUT2D eigenvalue weighted by Gasteiger charge is -2.39. The van der Waals surface area contributed by atoms with Crippen LogP contribution in [0.4, 0.5) is 4.39 Å². The maximum Gasteiger partial charge on any atom is 0.316 e. The summed E-state index contributed by atoms with van der Waals surface area (Å²) in [4.78, 5) is 28.7. The van der Waals surface area contributed by atoms with Crippen LogP contribution in [0.2, 0.25) is 0 Å². The third kappa shape index (κ3) is 2.91. The third-order valence-electron chi connectivity index (χ3n) is 4.90. The zero-order valence-electron chi connectivity index (χ0n) is 13.9.